The maximum atomic E-state index is 14.1. The van der Waals surface area contributed by atoms with E-state index in [4.69, 9.17) is 11.6 Å². The summed E-state index contributed by atoms with van der Waals surface area (Å²) in [5, 5.41) is 0.158. The molecule has 0 atom stereocenters. The first-order valence-corrected chi connectivity index (χ1v) is 13.5. The van der Waals surface area contributed by atoms with E-state index in [0.29, 0.717) is 35.3 Å². The number of hydrogen-bond acceptors (Lipinski definition) is 5. The van der Waals surface area contributed by atoms with Gasteiger partial charge in [-0.05, 0) is 59.3 Å². The third-order valence-corrected chi connectivity index (χ3v) is 7.79. The van der Waals surface area contributed by atoms with Gasteiger partial charge in [-0.15, -0.1) is 0 Å². The first-order chi connectivity index (χ1) is 18.8. The number of thioether (sulfide) groups is 1. The largest absolute Gasteiger partial charge is 0.336 e. The van der Waals surface area contributed by atoms with E-state index < -0.39 is 22.8 Å². The van der Waals surface area contributed by atoms with Gasteiger partial charge in [0.15, 0.2) is 0 Å². The normalized spacial score (nSPS) is 17.4. The van der Waals surface area contributed by atoms with E-state index in [9.17, 15) is 23.2 Å². The van der Waals surface area contributed by atoms with Crippen LogP contribution in [0.1, 0.15) is 27.0 Å². The number of hydrogen-bond donors (Lipinski definition) is 0. The van der Waals surface area contributed by atoms with Crippen LogP contribution in [0.25, 0.3) is 6.08 Å². The fourth-order valence-electron chi connectivity index (χ4n) is 4.51. The molecule has 3 amide bonds. The van der Waals surface area contributed by atoms with Crippen LogP contribution in [0.3, 0.4) is 0 Å². The summed E-state index contributed by atoms with van der Waals surface area (Å²) in [6.07, 6.45) is 1.55. The monoisotopic (exact) mass is 567 g/mol. The lowest BCUT2D eigenvalue weighted by Crippen LogP contribution is -2.48. The predicted molar refractivity (Wildman–Crippen MR) is 147 cm³/mol. The van der Waals surface area contributed by atoms with Crippen molar-refractivity contribution in [2.24, 2.45) is 0 Å². The predicted octanol–water partition coefficient (Wildman–Crippen LogP) is 5.81. The summed E-state index contributed by atoms with van der Waals surface area (Å²) < 4.78 is 27.3. The topological polar surface area (TPSA) is 60.9 Å². The van der Waals surface area contributed by atoms with Crippen molar-refractivity contribution in [3.8, 4) is 0 Å². The summed E-state index contributed by atoms with van der Waals surface area (Å²) in [4.78, 5) is 43.7. The van der Waals surface area contributed by atoms with Gasteiger partial charge in [-0.2, -0.15) is 0 Å². The number of nitrogens with zero attached hydrogens (tertiary/aromatic N) is 3. The third-order valence-electron chi connectivity index (χ3n) is 6.63. The van der Waals surface area contributed by atoms with Crippen molar-refractivity contribution in [2.45, 2.75) is 13.1 Å². The number of amides is 3. The highest BCUT2D eigenvalue weighted by atomic mass is 35.5. The molecule has 0 N–H and O–H groups in total. The molecule has 0 spiro atoms. The summed E-state index contributed by atoms with van der Waals surface area (Å²) in [6.45, 7) is 3.17. The van der Waals surface area contributed by atoms with E-state index in [0.717, 1.165) is 42.4 Å². The van der Waals surface area contributed by atoms with Crippen molar-refractivity contribution in [2.75, 3.05) is 26.2 Å². The molecule has 2 aliphatic rings. The minimum atomic E-state index is -0.824. The third kappa shape index (κ3) is 6.38. The quantitative estimate of drug-likeness (QED) is 0.352. The minimum Gasteiger partial charge on any atom is -0.336 e. The Bertz CT molecular complexity index is 1460. The zero-order valence-electron chi connectivity index (χ0n) is 20.8. The van der Waals surface area contributed by atoms with Gasteiger partial charge in [-0.3, -0.25) is 24.2 Å². The van der Waals surface area contributed by atoms with Crippen LogP contribution in [0.2, 0.25) is 5.02 Å². The smallest absolute Gasteiger partial charge is 0.293 e. The fourth-order valence-corrected chi connectivity index (χ4v) is 5.47. The van der Waals surface area contributed by atoms with E-state index in [1.807, 2.05) is 29.2 Å². The van der Waals surface area contributed by atoms with Gasteiger partial charge in [0.2, 0.25) is 0 Å². The van der Waals surface area contributed by atoms with Crippen LogP contribution in [0.4, 0.5) is 13.6 Å². The van der Waals surface area contributed by atoms with Gasteiger partial charge >= 0.3 is 0 Å². The molecule has 0 aliphatic carbocycles. The summed E-state index contributed by atoms with van der Waals surface area (Å²) >= 11 is 6.71. The summed E-state index contributed by atoms with van der Waals surface area (Å²) in [5.41, 5.74) is 2.29. The molecule has 0 aromatic heterocycles. The molecule has 3 aromatic rings. The maximum absolute atomic E-state index is 14.1. The van der Waals surface area contributed by atoms with E-state index in [-0.39, 0.29) is 22.9 Å². The Balaban J connectivity index is 1.22. The zero-order valence-corrected chi connectivity index (χ0v) is 22.4. The average Bonchev–Trinajstić information content (AvgIpc) is 3.19. The van der Waals surface area contributed by atoms with E-state index in [1.165, 1.54) is 11.6 Å². The zero-order chi connectivity index (χ0) is 27.5. The van der Waals surface area contributed by atoms with Gasteiger partial charge in [0.25, 0.3) is 17.1 Å². The highest BCUT2D eigenvalue weighted by Crippen LogP contribution is 2.33. The second-order valence-electron chi connectivity index (χ2n) is 9.32. The number of imide groups is 1. The van der Waals surface area contributed by atoms with Crippen LogP contribution in [0.5, 0.6) is 0 Å². The van der Waals surface area contributed by atoms with Crippen LogP contribution in [-0.2, 0) is 17.9 Å². The molecule has 5 rings (SSSR count). The molecule has 39 heavy (non-hydrogen) atoms. The number of benzene rings is 3. The fraction of sp³-hybridized carbons (Fsp3) is 0.207. The number of halogens is 3. The Morgan fingerprint density at radius 3 is 2.38 bits per heavy atom. The molecule has 3 aromatic carbocycles. The Hall–Kier alpha value is -3.53. The standard InChI is InChI=1S/C29H24ClF2N3O3S/c30-23-7-4-19(5-8-23)17-33-10-12-34(13-11-33)27(36)21-3-1-2-20(14-21)15-26-28(37)35(29(38)39-26)18-22-6-9-24(31)16-25(22)32/h1-9,14-16H,10-13,17-18H2/b26-15-. The average molecular weight is 568 g/mol. The Morgan fingerprint density at radius 1 is 0.923 bits per heavy atom. The summed E-state index contributed by atoms with van der Waals surface area (Å²) in [5.74, 6) is -2.23. The lowest BCUT2D eigenvalue weighted by molar-refractivity contribution is -0.123. The number of piperazine rings is 1. The molecule has 2 aliphatic heterocycles. The molecular weight excluding hydrogens is 544 g/mol. The van der Waals surface area contributed by atoms with Gasteiger partial charge in [-0.1, -0.05) is 41.9 Å². The first kappa shape index (κ1) is 27.1. The molecule has 2 heterocycles. The molecule has 0 saturated carbocycles. The van der Waals surface area contributed by atoms with E-state index >= 15 is 0 Å². The Kier molecular flexibility index (Phi) is 8.11. The van der Waals surface area contributed by atoms with Crippen molar-refractivity contribution >= 4 is 46.5 Å². The van der Waals surface area contributed by atoms with Crippen molar-refractivity contribution < 1.29 is 23.2 Å². The number of rotatable bonds is 6. The molecule has 6 nitrogen and oxygen atoms in total. The molecule has 10 heteroatoms. The van der Waals surface area contributed by atoms with Crippen molar-refractivity contribution in [1.29, 1.82) is 0 Å². The lowest BCUT2D eigenvalue weighted by atomic mass is 10.1. The molecule has 2 fully saturated rings. The van der Waals surface area contributed by atoms with Crippen LogP contribution >= 0.6 is 23.4 Å². The van der Waals surface area contributed by atoms with Gasteiger partial charge in [0.1, 0.15) is 11.6 Å². The first-order valence-electron chi connectivity index (χ1n) is 12.3. The maximum Gasteiger partial charge on any atom is 0.293 e. The highest BCUT2D eigenvalue weighted by molar-refractivity contribution is 8.18. The second kappa shape index (κ2) is 11.7. The molecule has 0 radical (unpaired) electrons. The molecule has 2 saturated heterocycles. The van der Waals surface area contributed by atoms with Gasteiger partial charge < -0.3 is 4.90 Å². The van der Waals surface area contributed by atoms with Crippen molar-refractivity contribution in [3.63, 3.8) is 0 Å². The highest BCUT2D eigenvalue weighted by Gasteiger charge is 2.35. The molecule has 0 unspecified atom stereocenters. The van der Waals surface area contributed by atoms with Crippen LogP contribution in [0.15, 0.2) is 71.6 Å². The Labute approximate surface area is 233 Å². The minimum absolute atomic E-state index is 0.0424. The number of carbonyl (C=O) groups is 3. The summed E-state index contributed by atoms with van der Waals surface area (Å²) in [7, 11) is 0. The lowest BCUT2D eigenvalue weighted by Gasteiger charge is -2.34. The van der Waals surface area contributed by atoms with Crippen LogP contribution in [-0.4, -0.2) is 57.9 Å². The molecule has 0 bridgehead atoms. The summed E-state index contributed by atoms with van der Waals surface area (Å²) in [6, 6.07) is 17.6. The van der Waals surface area contributed by atoms with Crippen LogP contribution in [0, 0.1) is 11.6 Å². The van der Waals surface area contributed by atoms with E-state index in [1.54, 1.807) is 30.3 Å². The van der Waals surface area contributed by atoms with Crippen molar-refractivity contribution in [1.82, 2.24) is 14.7 Å². The van der Waals surface area contributed by atoms with Gasteiger partial charge in [0, 0.05) is 54.9 Å². The van der Waals surface area contributed by atoms with Crippen LogP contribution < -0.4 is 0 Å². The van der Waals surface area contributed by atoms with Crippen molar-refractivity contribution in [3.05, 3.63) is 111 Å². The van der Waals surface area contributed by atoms with E-state index in [2.05, 4.69) is 4.90 Å². The number of carbonyl (C=O) groups excluding carboxylic acids is 3. The molecule has 200 valence electrons. The van der Waals surface area contributed by atoms with Gasteiger partial charge in [0.05, 0.1) is 11.4 Å². The Morgan fingerprint density at radius 2 is 1.67 bits per heavy atom. The molecular formula is C29H24ClF2N3O3S. The second-order valence-corrected chi connectivity index (χ2v) is 10.8. The van der Waals surface area contributed by atoms with Gasteiger partial charge in [-0.25, -0.2) is 8.78 Å². The SMILES string of the molecule is O=C(c1cccc(/C=C2\SC(=O)N(Cc3ccc(F)cc3F)C2=O)c1)N1CCN(Cc2ccc(Cl)cc2)CC1.